The minimum absolute atomic E-state index is 0.158. The summed E-state index contributed by atoms with van der Waals surface area (Å²) < 4.78 is 0. The standard InChI is InChI=1S/C10H11NO2/c12-6-10(13)9-5-7-3-1-2-4-8(7)11-9/h1-4,6,9-11,13H,5H2. The molecule has 1 aromatic rings. The average molecular weight is 177 g/mol. The molecular weight excluding hydrogens is 166 g/mol. The van der Waals surface area contributed by atoms with Crippen LogP contribution in [0.5, 0.6) is 0 Å². The first kappa shape index (κ1) is 8.26. The molecule has 2 rings (SSSR count). The van der Waals surface area contributed by atoms with Crippen molar-refractivity contribution in [3.05, 3.63) is 29.8 Å². The number of fused-ring (bicyclic) bond motifs is 1. The van der Waals surface area contributed by atoms with Gasteiger partial charge < -0.3 is 15.2 Å². The molecule has 1 heterocycles. The van der Waals surface area contributed by atoms with Crippen molar-refractivity contribution in [2.75, 3.05) is 5.32 Å². The molecule has 1 aromatic carbocycles. The Morgan fingerprint density at radius 3 is 3.00 bits per heavy atom. The molecule has 0 saturated heterocycles. The molecule has 0 fully saturated rings. The number of rotatable bonds is 2. The first-order valence-electron chi connectivity index (χ1n) is 4.29. The Hall–Kier alpha value is -1.35. The van der Waals surface area contributed by atoms with Gasteiger partial charge in [0, 0.05) is 5.69 Å². The lowest BCUT2D eigenvalue weighted by Crippen LogP contribution is -2.32. The molecule has 0 amide bonds. The average Bonchev–Trinajstić information content (AvgIpc) is 2.59. The molecular formula is C10H11NO2. The molecule has 1 aliphatic rings. The lowest BCUT2D eigenvalue weighted by Gasteiger charge is -2.12. The van der Waals surface area contributed by atoms with Crippen molar-refractivity contribution in [2.45, 2.75) is 18.6 Å². The van der Waals surface area contributed by atoms with Crippen molar-refractivity contribution in [3.63, 3.8) is 0 Å². The van der Waals surface area contributed by atoms with Crippen molar-refractivity contribution < 1.29 is 9.90 Å². The number of hydrogen-bond acceptors (Lipinski definition) is 3. The molecule has 0 aliphatic carbocycles. The first-order chi connectivity index (χ1) is 6.31. The Kier molecular flexibility index (Phi) is 2.02. The van der Waals surface area contributed by atoms with Crippen molar-refractivity contribution >= 4 is 12.0 Å². The van der Waals surface area contributed by atoms with Gasteiger partial charge in [-0.2, -0.15) is 0 Å². The van der Waals surface area contributed by atoms with E-state index in [4.69, 9.17) is 0 Å². The van der Waals surface area contributed by atoms with Crippen molar-refractivity contribution in [3.8, 4) is 0 Å². The SMILES string of the molecule is O=CC(O)C1Cc2ccccc2N1. The van der Waals surface area contributed by atoms with Gasteiger partial charge in [0.1, 0.15) is 6.10 Å². The van der Waals surface area contributed by atoms with Crippen LogP contribution in [-0.4, -0.2) is 23.5 Å². The van der Waals surface area contributed by atoms with Crippen LogP contribution in [0.2, 0.25) is 0 Å². The van der Waals surface area contributed by atoms with E-state index < -0.39 is 6.10 Å². The molecule has 1 aliphatic heterocycles. The monoisotopic (exact) mass is 177 g/mol. The molecule has 0 bridgehead atoms. The van der Waals surface area contributed by atoms with E-state index in [1.807, 2.05) is 24.3 Å². The van der Waals surface area contributed by atoms with E-state index in [1.54, 1.807) is 0 Å². The topological polar surface area (TPSA) is 49.3 Å². The van der Waals surface area contributed by atoms with E-state index in [0.717, 1.165) is 17.7 Å². The lowest BCUT2D eigenvalue weighted by molar-refractivity contribution is -0.115. The third-order valence-corrected chi connectivity index (χ3v) is 2.35. The molecule has 68 valence electrons. The van der Waals surface area contributed by atoms with E-state index in [0.29, 0.717) is 6.29 Å². The smallest absolute Gasteiger partial charge is 0.150 e. The van der Waals surface area contributed by atoms with Gasteiger partial charge in [-0.05, 0) is 18.1 Å². The van der Waals surface area contributed by atoms with E-state index >= 15 is 0 Å². The Labute approximate surface area is 76.4 Å². The van der Waals surface area contributed by atoms with Crippen LogP contribution in [0.1, 0.15) is 5.56 Å². The Morgan fingerprint density at radius 1 is 1.54 bits per heavy atom. The molecule has 0 saturated carbocycles. The van der Waals surface area contributed by atoms with Gasteiger partial charge >= 0.3 is 0 Å². The predicted molar refractivity (Wildman–Crippen MR) is 49.6 cm³/mol. The van der Waals surface area contributed by atoms with Gasteiger partial charge in [-0.25, -0.2) is 0 Å². The third-order valence-electron chi connectivity index (χ3n) is 2.35. The zero-order chi connectivity index (χ0) is 9.26. The second-order valence-electron chi connectivity index (χ2n) is 3.24. The maximum Gasteiger partial charge on any atom is 0.150 e. The van der Waals surface area contributed by atoms with Gasteiger partial charge in [0.2, 0.25) is 0 Å². The number of aliphatic hydroxyl groups excluding tert-OH is 1. The van der Waals surface area contributed by atoms with Crippen LogP contribution < -0.4 is 5.32 Å². The van der Waals surface area contributed by atoms with Gasteiger partial charge in [-0.1, -0.05) is 18.2 Å². The Morgan fingerprint density at radius 2 is 2.31 bits per heavy atom. The first-order valence-corrected chi connectivity index (χ1v) is 4.29. The minimum Gasteiger partial charge on any atom is -0.383 e. The van der Waals surface area contributed by atoms with Crippen LogP contribution in [0.15, 0.2) is 24.3 Å². The summed E-state index contributed by atoms with van der Waals surface area (Å²) in [6.07, 6.45) is 0.381. The maximum absolute atomic E-state index is 10.4. The summed E-state index contributed by atoms with van der Waals surface area (Å²) in [4.78, 5) is 10.4. The quantitative estimate of drug-likeness (QED) is 0.650. The third kappa shape index (κ3) is 1.42. The molecule has 3 heteroatoms. The minimum atomic E-state index is -0.910. The summed E-state index contributed by atoms with van der Waals surface area (Å²) in [5, 5.41) is 12.4. The molecule has 13 heavy (non-hydrogen) atoms. The van der Waals surface area contributed by atoms with E-state index in [-0.39, 0.29) is 6.04 Å². The predicted octanol–water partition coefficient (Wildman–Crippen LogP) is 0.583. The summed E-state index contributed by atoms with van der Waals surface area (Å²) in [5.74, 6) is 0. The molecule has 3 nitrogen and oxygen atoms in total. The highest BCUT2D eigenvalue weighted by molar-refractivity contribution is 5.63. The highest BCUT2D eigenvalue weighted by Crippen LogP contribution is 2.25. The highest BCUT2D eigenvalue weighted by Gasteiger charge is 2.25. The number of hydrogen-bond donors (Lipinski definition) is 2. The normalized spacial score (nSPS) is 21.8. The summed E-state index contributed by atoms with van der Waals surface area (Å²) >= 11 is 0. The Bertz CT molecular complexity index is 299. The van der Waals surface area contributed by atoms with Crippen LogP contribution >= 0.6 is 0 Å². The fraction of sp³-hybridized carbons (Fsp3) is 0.300. The van der Waals surface area contributed by atoms with E-state index in [2.05, 4.69) is 5.32 Å². The van der Waals surface area contributed by atoms with Gasteiger partial charge in [-0.15, -0.1) is 0 Å². The number of para-hydroxylation sites is 1. The summed E-state index contributed by atoms with van der Waals surface area (Å²) in [6.45, 7) is 0. The number of aliphatic hydroxyl groups is 1. The zero-order valence-electron chi connectivity index (χ0n) is 7.10. The molecule has 0 aromatic heterocycles. The van der Waals surface area contributed by atoms with E-state index in [1.165, 1.54) is 0 Å². The fourth-order valence-corrected chi connectivity index (χ4v) is 1.63. The number of anilines is 1. The number of carbonyl (C=O) groups is 1. The van der Waals surface area contributed by atoms with Crippen molar-refractivity contribution in [1.29, 1.82) is 0 Å². The van der Waals surface area contributed by atoms with Crippen LogP contribution in [0.25, 0.3) is 0 Å². The molecule has 2 unspecified atom stereocenters. The summed E-state index contributed by atoms with van der Waals surface area (Å²) in [7, 11) is 0. The number of nitrogens with one attached hydrogen (secondary N) is 1. The second-order valence-corrected chi connectivity index (χ2v) is 3.24. The lowest BCUT2D eigenvalue weighted by atomic mass is 10.1. The van der Waals surface area contributed by atoms with Gasteiger partial charge in [0.15, 0.2) is 6.29 Å². The number of aldehydes is 1. The van der Waals surface area contributed by atoms with Crippen LogP contribution in [0, 0.1) is 0 Å². The Balaban J connectivity index is 2.18. The van der Waals surface area contributed by atoms with E-state index in [9.17, 15) is 9.90 Å². The number of benzene rings is 1. The van der Waals surface area contributed by atoms with Crippen LogP contribution in [0.4, 0.5) is 5.69 Å². The summed E-state index contributed by atoms with van der Waals surface area (Å²) in [6, 6.07) is 7.68. The van der Waals surface area contributed by atoms with Crippen molar-refractivity contribution in [1.82, 2.24) is 0 Å². The largest absolute Gasteiger partial charge is 0.383 e. The highest BCUT2D eigenvalue weighted by atomic mass is 16.3. The van der Waals surface area contributed by atoms with Gasteiger partial charge in [0.25, 0.3) is 0 Å². The second kappa shape index (κ2) is 3.18. The van der Waals surface area contributed by atoms with Crippen LogP contribution in [0.3, 0.4) is 0 Å². The summed E-state index contributed by atoms with van der Waals surface area (Å²) in [5.41, 5.74) is 2.18. The van der Waals surface area contributed by atoms with Gasteiger partial charge in [-0.3, -0.25) is 0 Å². The zero-order valence-corrected chi connectivity index (χ0v) is 7.10. The maximum atomic E-state index is 10.4. The van der Waals surface area contributed by atoms with Crippen molar-refractivity contribution in [2.24, 2.45) is 0 Å². The van der Waals surface area contributed by atoms with Gasteiger partial charge in [0.05, 0.1) is 6.04 Å². The molecule has 0 radical (unpaired) electrons. The van der Waals surface area contributed by atoms with Crippen LogP contribution in [-0.2, 0) is 11.2 Å². The molecule has 0 spiro atoms. The molecule has 2 N–H and O–H groups in total. The molecule has 2 atom stereocenters. The fourth-order valence-electron chi connectivity index (χ4n) is 1.63. The number of carbonyl (C=O) groups excluding carboxylic acids is 1.